The zero-order valence-electron chi connectivity index (χ0n) is 12.3. The van der Waals surface area contributed by atoms with Crippen LogP contribution in [0.2, 0.25) is 0 Å². The van der Waals surface area contributed by atoms with E-state index in [0.717, 1.165) is 16.9 Å². The van der Waals surface area contributed by atoms with Crippen LogP contribution in [-0.2, 0) is 0 Å². The minimum Gasteiger partial charge on any atom is -0.492 e. The second kappa shape index (κ2) is 6.80. The third-order valence-electron chi connectivity index (χ3n) is 3.35. The van der Waals surface area contributed by atoms with Gasteiger partial charge in [-0.05, 0) is 35.0 Å². The predicted molar refractivity (Wildman–Crippen MR) is 90.9 cm³/mol. The van der Waals surface area contributed by atoms with Crippen molar-refractivity contribution in [3.63, 3.8) is 0 Å². The fraction of sp³-hybridized carbons (Fsp3) is 0.100. The summed E-state index contributed by atoms with van der Waals surface area (Å²) in [4.78, 5) is 0. The summed E-state index contributed by atoms with van der Waals surface area (Å²) in [5.41, 5.74) is 7.42. The first-order valence-electron chi connectivity index (χ1n) is 7.29. The Morgan fingerprint density at radius 1 is 0.864 bits per heavy atom. The van der Waals surface area contributed by atoms with Gasteiger partial charge in [-0.1, -0.05) is 54.3 Å². The van der Waals surface area contributed by atoms with E-state index in [-0.39, 0.29) is 0 Å². The van der Waals surface area contributed by atoms with E-state index in [1.165, 1.54) is 10.8 Å². The molecular weight excluding hydrogens is 270 g/mol. The first kappa shape index (κ1) is 14.2. The molecule has 0 aromatic heterocycles. The van der Waals surface area contributed by atoms with Gasteiger partial charge in [-0.2, -0.15) is 0 Å². The topological polar surface area (TPSA) is 35.2 Å². The highest BCUT2D eigenvalue weighted by atomic mass is 16.5. The number of hydrogen-bond donors (Lipinski definition) is 1. The van der Waals surface area contributed by atoms with Crippen molar-refractivity contribution in [2.75, 3.05) is 13.2 Å². The van der Waals surface area contributed by atoms with E-state index in [0.29, 0.717) is 13.2 Å². The van der Waals surface area contributed by atoms with Crippen LogP contribution in [0.3, 0.4) is 0 Å². The van der Waals surface area contributed by atoms with Crippen LogP contribution < -0.4 is 10.5 Å². The van der Waals surface area contributed by atoms with Gasteiger partial charge < -0.3 is 10.5 Å². The summed E-state index contributed by atoms with van der Waals surface area (Å²) in [6.07, 6.45) is 0. The quantitative estimate of drug-likeness (QED) is 0.747. The van der Waals surface area contributed by atoms with Crippen molar-refractivity contribution in [2.45, 2.75) is 0 Å². The number of ether oxygens (including phenoxy) is 1. The monoisotopic (exact) mass is 287 g/mol. The molecule has 0 aliphatic rings. The van der Waals surface area contributed by atoms with Crippen LogP contribution in [0.5, 0.6) is 5.75 Å². The van der Waals surface area contributed by atoms with Crippen molar-refractivity contribution in [2.24, 2.45) is 5.73 Å². The van der Waals surface area contributed by atoms with E-state index < -0.39 is 0 Å². The summed E-state index contributed by atoms with van der Waals surface area (Å²) < 4.78 is 5.53. The van der Waals surface area contributed by atoms with Crippen LogP contribution in [0.1, 0.15) is 11.1 Å². The molecular formula is C20H17NO. The van der Waals surface area contributed by atoms with Gasteiger partial charge >= 0.3 is 0 Å². The molecule has 0 saturated carbocycles. The van der Waals surface area contributed by atoms with Gasteiger partial charge in [0.1, 0.15) is 12.4 Å². The molecule has 108 valence electrons. The molecule has 2 N–H and O–H groups in total. The van der Waals surface area contributed by atoms with Crippen LogP contribution >= 0.6 is 0 Å². The fourth-order valence-corrected chi connectivity index (χ4v) is 2.31. The largest absolute Gasteiger partial charge is 0.492 e. The van der Waals surface area contributed by atoms with Gasteiger partial charge in [0.05, 0.1) is 0 Å². The van der Waals surface area contributed by atoms with E-state index in [2.05, 4.69) is 30.0 Å². The molecule has 3 aromatic carbocycles. The lowest BCUT2D eigenvalue weighted by Crippen LogP contribution is -2.10. The highest BCUT2D eigenvalue weighted by Gasteiger charge is 1.97. The maximum atomic E-state index is 5.53. The molecule has 0 unspecified atom stereocenters. The second-order valence-corrected chi connectivity index (χ2v) is 4.94. The maximum absolute atomic E-state index is 5.53. The fourth-order valence-electron chi connectivity index (χ4n) is 2.31. The smallest absolute Gasteiger partial charge is 0.120 e. The standard InChI is InChI=1S/C20H17NO/c21-13-14-22-19-9-3-5-16(15-19)11-12-18-8-4-7-17-6-1-2-10-20(17)18/h1-10,15H,13-14,21H2. The van der Waals surface area contributed by atoms with E-state index in [1.807, 2.05) is 48.5 Å². The summed E-state index contributed by atoms with van der Waals surface area (Å²) in [6, 6.07) is 22.2. The summed E-state index contributed by atoms with van der Waals surface area (Å²) in [6.45, 7) is 1.02. The van der Waals surface area contributed by atoms with Gasteiger partial charge in [0.2, 0.25) is 0 Å². The Bertz CT molecular complexity index is 837. The Balaban J connectivity index is 1.91. The van der Waals surface area contributed by atoms with Gasteiger partial charge in [-0.15, -0.1) is 0 Å². The lowest BCUT2D eigenvalue weighted by molar-refractivity contribution is 0.328. The van der Waals surface area contributed by atoms with E-state index in [4.69, 9.17) is 10.5 Å². The zero-order valence-corrected chi connectivity index (χ0v) is 12.3. The molecule has 0 heterocycles. The van der Waals surface area contributed by atoms with Crippen LogP contribution in [0, 0.1) is 11.8 Å². The summed E-state index contributed by atoms with van der Waals surface area (Å²) in [5, 5.41) is 2.38. The van der Waals surface area contributed by atoms with Gasteiger partial charge in [-0.25, -0.2) is 0 Å². The van der Waals surface area contributed by atoms with Crippen molar-refractivity contribution in [1.29, 1.82) is 0 Å². The van der Waals surface area contributed by atoms with Crippen LogP contribution in [0.25, 0.3) is 10.8 Å². The zero-order chi connectivity index (χ0) is 15.2. The predicted octanol–water partition coefficient (Wildman–Crippen LogP) is 3.58. The first-order chi connectivity index (χ1) is 10.9. The molecule has 0 aliphatic carbocycles. The molecule has 3 aromatic rings. The molecule has 0 saturated heterocycles. The van der Waals surface area contributed by atoms with Crippen molar-refractivity contribution < 1.29 is 4.74 Å². The van der Waals surface area contributed by atoms with Crippen LogP contribution in [0.15, 0.2) is 66.7 Å². The van der Waals surface area contributed by atoms with Crippen molar-refractivity contribution in [3.05, 3.63) is 77.9 Å². The number of benzene rings is 3. The molecule has 22 heavy (non-hydrogen) atoms. The maximum Gasteiger partial charge on any atom is 0.120 e. The molecule has 2 nitrogen and oxygen atoms in total. The first-order valence-corrected chi connectivity index (χ1v) is 7.29. The number of nitrogens with two attached hydrogens (primary N) is 1. The molecule has 0 bridgehead atoms. The highest BCUT2D eigenvalue weighted by Crippen LogP contribution is 2.18. The SMILES string of the molecule is NCCOc1cccc(C#Cc2cccc3ccccc23)c1. The van der Waals surface area contributed by atoms with Gasteiger partial charge in [-0.3, -0.25) is 0 Å². The molecule has 3 rings (SSSR count). The summed E-state index contributed by atoms with van der Waals surface area (Å²) in [5.74, 6) is 7.27. The lowest BCUT2D eigenvalue weighted by atomic mass is 10.0. The minimum absolute atomic E-state index is 0.506. The number of hydrogen-bond acceptors (Lipinski definition) is 2. The summed E-state index contributed by atoms with van der Waals surface area (Å²) >= 11 is 0. The summed E-state index contributed by atoms with van der Waals surface area (Å²) in [7, 11) is 0. The Hall–Kier alpha value is -2.76. The highest BCUT2D eigenvalue weighted by molar-refractivity contribution is 5.88. The van der Waals surface area contributed by atoms with Gasteiger partial charge in [0, 0.05) is 17.7 Å². The van der Waals surface area contributed by atoms with Crippen LogP contribution in [0.4, 0.5) is 0 Å². The van der Waals surface area contributed by atoms with Crippen molar-refractivity contribution >= 4 is 10.8 Å². The number of rotatable bonds is 3. The Kier molecular flexibility index (Phi) is 4.38. The minimum atomic E-state index is 0.506. The van der Waals surface area contributed by atoms with Gasteiger partial charge in [0.15, 0.2) is 0 Å². The van der Waals surface area contributed by atoms with E-state index in [9.17, 15) is 0 Å². The molecule has 0 spiro atoms. The third kappa shape index (κ3) is 3.28. The van der Waals surface area contributed by atoms with E-state index >= 15 is 0 Å². The average molecular weight is 287 g/mol. The Morgan fingerprint density at radius 3 is 2.59 bits per heavy atom. The third-order valence-corrected chi connectivity index (χ3v) is 3.35. The van der Waals surface area contributed by atoms with Crippen molar-refractivity contribution in [1.82, 2.24) is 0 Å². The molecule has 0 atom stereocenters. The molecule has 0 amide bonds. The molecule has 0 aliphatic heterocycles. The lowest BCUT2D eigenvalue weighted by Gasteiger charge is -2.04. The molecule has 2 heteroatoms. The normalized spacial score (nSPS) is 10.0. The average Bonchev–Trinajstić information content (AvgIpc) is 2.58. The molecule has 0 radical (unpaired) electrons. The second-order valence-electron chi connectivity index (χ2n) is 4.94. The molecule has 0 fully saturated rings. The van der Waals surface area contributed by atoms with Crippen LogP contribution in [-0.4, -0.2) is 13.2 Å². The van der Waals surface area contributed by atoms with Crippen molar-refractivity contribution in [3.8, 4) is 17.6 Å². The number of fused-ring (bicyclic) bond motifs is 1. The van der Waals surface area contributed by atoms with Gasteiger partial charge in [0.25, 0.3) is 0 Å². The Labute approximate surface area is 130 Å². The van der Waals surface area contributed by atoms with E-state index in [1.54, 1.807) is 0 Å². The Morgan fingerprint density at radius 2 is 1.68 bits per heavy atom.